The van der Waals surface area contributed by atoms with Crippen LogP contribution in [0.15, 0.2) is 0 Å². The summed E-state index contributed by atoms with van der Waals surface area (Å²) in [7, 11) is 0. The van der Waals surface area contributed by atoms with E-state index in [0.29, 0.717) is 33.5 Å². The maximum absolute atomic E-state index is 12.0. The zero-order chi connectivity index (χ0) is 23.6. The first-order valence-electron chi connectivity index (χ1n) is 14.3. The summed E-state index contributed by atoms with van der Waals surface area (Å²) >= 11 is 0. The Hall–Kier alpha value is -0.570. The highest BCUT2D eigenvalue weighted by molar-refractivity contribution is 5.74. The maximum Gasteiger partial charge on any atom is 0.309 e. The number of hydrogen-bond acceptors (Lipinski definition) is 3. The summed E-state index contributed by atoms with van der Waals surface area (Å²) in [5.41, 5.74) is 2.03. The minimum Gasteiger partial charge on any atom is -0.462 e. The summed E-state index contributed by atoms with van der Waals surface area (Å²) in [6.07, 6.45) is 14.0. The molecule has 6 fully saturated rings. The molecule has 186 valence electrons. The van der Waals surface area contributed by atoms with Gasteiger partial charge in [-0.1, -0.05) is 41.5 Å². The highest BCUT2D eigenvalue weighted by atomic mass is 16.5. The highest BCUT2D eigenvalue weighted by Crippen LogP contribution is 2.89. The molecular formula is C30H48O3. The third kappa shape index (κ3) is 2.65. The van der Waals surface area contributed by atoms with Crippen LogP contribution in [0.4, 0.5) is 0 Å². The first-order valence-corrected chi connectivity index (χ1v) is 14.3. The van der Waals surface area contributed by atoms with Crippen molar-refractivity contribution in [3.63, 3.8) is 0 Å². The monoisotopic (exact) mass is 456 g/mol. The van der Waals surface area contributed by atoms with Gasteiger partial charge < -0.3 is 9.84 Å². The lowest BCUT2D eigenvalue weighted by atomic mass is 9.41. The Balaban J connectivity index is 1.25. The summed E-state index contributed by atoms with van der Waals surface area (Å²) in [5.74, 6) is 3.07. The molecule has 11 atom stereocenters. The van der Waals surface area contributed by atoms with E-state index in [1.54, 1.807) is 0 Å². The van der Waals surface area contributed by atoms with Gasteiger partial charge in [-0.25, -0.2) is 0 Å². The largest absolute Gasteiger partial charge is 0.462 e. The van der Waals surface area contributed by atoms with E-state index in [0.717, 1.165) is 31.1 Å². The van der Waals surface area contributed by atoms with Gasteiger partial charge in [0, 0.05) is 0 Å². The number of aliphatic hydroxyl groups is 1. The Morgan fingerprint density at radius 2 is 1.64 bits per heavy atom. The number of rotatable bonds is 3. The standard InChI is InChI=1S/C30H48O3/c1-18(15-20-16-19(2)25(32)33-20)21-9-11-28(6)23-8-7-22-26(3,4)24(31)10-12-29(22)17-30(23,29)14-13-27(21,28)5/h18-24,31H,7-17H2,1-6H3. The third-order valence-electron chi connectivity index (χ3n) is 13.8. The van der Waals surface area contributed by atoms with Crippen molar-refractivity contribution in [1.82, 2.24) is 0 Å². The van der Waals surface area contributed by atoms with E-state index in [9.17, 15) is 9.90 Å². The lowest BCUT2D eigenvalue weighted by molar-refractivity contribution is -0.162. The molecule has 5 saturated carbocycles. The van der Waals surface area contributed by atoms with Gasteiger partial charge in [-0.05, 0) is 121 Å². The molecule has 3 nitrogen and oxygen atoms in total. The first-order chi connectivity index (χ1) is 15.4. The fourth-order valence-corrected chi connectivity index (χ4v) is 11.8. The van der Waals surface area contributed by atoms with Crippen LogP contribution < -0.4 is 0 Å². The molecule has 0 aromatic rings. The van der Waals surface area contributed by atoms with Gasteiger partial charge in [0.1, 0.15) is 6.10 Å². The van der Waals surface area contributed by atoms with Crippen molar-refractivity contribution in [3.8, 4) is 0 Å². The van der Waals surface area contributed by atoms with Crippen LogP contribution in [0.2, 0.25) is 0 Å². The molecule has 0 amide bonds. The smallest absolute Gasteiger partial charge is 0.309 e. The van der Waals surface area contributed by atoms with Crippen LogP contribution in [0.25, 0.3) is 0 Å². The van der Waals surface area contributed by atoms with Crippen molar-refractivity contribution in [2.45, 2.75) is 124 Å². The molecule has 0 radical (unpaired) electrons. The predicted molar refractivity (Wildman–Crippen MR) is 130 cm³/mol. The van der Waals surface area contributed by atoms with Gasteiger partial charge in [-0.15, -0.1) is 0 Å². The molecule has 1 heterocycles. The molecular weight excluding hydrogens is 408 g/mol. The van der Waals surface area contributed by atoms with Crippen LogP contribution in [0.1, 0.15) is 112 Å². The number of aliphatic hydroxyl groups excluding tert-OH is 1. The van der Waals surface area contributed by atoms with Crippen LogP contribution in [-0.4, -0.2) is 23.3 Å². The fraction of sp³-hybridized carbons (Fsp3) is 0.967. The minimum absolute atomic E-state index is 0.0191. The van der Waals surface area contributed by atoms with Crippen LogP contribution in [0.3, 0.4) is 0 Å². The van der Waals surface area contributed by atoms with Crippen LogP contribution in [0.5, 0.6) is 0 Å². The second-order valence-corrected chi connectivity index (χ2v) is 14.9. The second-order valence-electron chi connectivity index (χ2n) is 14.9. The average molecular weight is 457 g/mol. The van der Waals surface area contributed by atoms with E-state index in [4.69, 9.17) is 4.74 Å². The Bertz CT molecular complexity index is 849. The number of hydrogen-bond donors (Lipinski definition) is 1. The van der Waals surface area contributed by atoms with E-state index < -0.39 is 0 Å². The summed E-state index contributed by atoms with van der Waals surface area (Å²) in [6, 6.07) is 0. The number of fused-ring (bicyclic) bond motifs is 2. The first kappa shape index (κ1) is 22.9. The zero-order valence-corrected chi connectivity index (χ0v) is 22.1. The van der Waals surface area contributed by atoms with Crippen molar-refractivity contribution in [2.24, 2.45) is 56.7 Å². The van der Waals surface area contributed by atoms with E-state index in [1.807, 2.05) is 6.92 Å². The minimum atomic E-state index is -0.115. The Labute approximate surface area is 201 Å². The second kappa shape index (κ2) is 6.80. The number of esters is 1. The van der Waals surface area contributed by atoms with Crippen molar-refractivity contribution in [3.05, 3.63) is 0 Å². The molecule has 0 aromatic carbocycles. The summed E-state index contributed by atoms with van der Waals surface area (Å²) < 4.78 is 5.73. The van der Waals surface area contributed by atoms with Crippen molar-refractivity contribution >= 4 is 5.97 Å². The van der Waals surface area contributed by atoms with Crippen molar-refractivity contribution in [1.29, 1.82) is 0 Å². The molecule has 11 unspecified atom stereocenters. The van der Waals surface area contributed by atoms with Gasteiger partial charge in [0.15, 0.2) is 0 Å². The molecule has 3 heteroatoms. The molecule has 2 spiro atoms. The molecule has 6 rings (SSSR count). The van der Waals surface area contributed by atoms with Gasteiger partial charge in [0.2, 0.25) is 0 Å². The van der Waals surface area contributed by atoms with Crippen molar-refractivity contribution in [2.75, 3.05) is 0 Å². The van der Waals surface area contributed by atoms with E-state index in [1.165, 1.54) is 51.4 Å². The average Bonchev–Trinajstić information content (AvgIpc) is 3.19. The number of cyclic esters (lactones) is 1. The fourth-order valence-electron chi connectivity index (χ4n) is 11.8. The molecule has 6 aliphatic rings. The van der Waals surface area contributed by atoms with E-state index in [-0.39, 0.29) is 29.5 Å². The highest BCUT2D eigenvalue weighted by Gasteiger charge is 2.82. The predicted octanol–water partition coefficient (Wildman–Crippen LogP) is 6.76. The SMILES string of the molecule is CC1CC(CC(C)C2CCC3(C)C4CCC5C(C)(C)C(O)CCC56CC46CCC23C)OC1=O. The quantitative estimate of drug-likeness (QED) is 0.477. The Morgan fingerprint density at radius 3 is 2.33 bits per heavy atom. The molecule has 5 aliphatic carbocycles. The summed E-state index contributed by atoms with van der Waals surface area (Å²) in [6.45, 7) is 14.6. The molecule has 0 aromatic heterocycles. The van der Waals surface area contributed by atoms with Gasteiger partial charge in [0.05, 0.1) is 12.0 Å². The van der Waals surface area contributed by atoms with Gasteiger partial charge >= 0.3 is 5.97 Å². The van der Waals surface area contributed by atoms with Gasteiger partial charge in [-0.2, -0.15) is 0 Å². The Kier molecular flexibility index (Phi) is 4.71. The number of carbonyl (C=O) groups is 1. The topological polar surface area (TPSA) is 46.5 Å². The van der Waals surface area contributed by atoms with Gasteiger partial charge in [-0.3, -0.25) is 4.79 Å². The number of carbonyl (C=O) groups excluding carboxylic acids is 1. The lowest BCUT2D eigenvalue weighted by Gasteiger charge is -2.63. The lowest BCUT2D eigenvalue weighted by Crippen LogP contribution is -2.57. The normalized spacial score (nSPS) is 57.4. The van der Waals surface area contributed by atoms with E-state index >= 15 is 0 Å². The third-order valence-corrected chi connectivity index (χ3v) is 13.8. The molecule has 33 heavy (non-hydrogen) atoms. The number of ether oxygens (including phenoxy) is 1. The molecule has 0 bridgehead atoms. The zero-order valence-electron chi connectivity index (χ0n) is 22.1. The van der Waals surface area contributed by atoms with E-state index in [2.05, 4.69) is 34.6 Å². The summed E-state index contributed by atoms with van der Waals surface area (Å²) in [4.78, 5) is 12.0. The van der Waals surface area contributed by atoms with Crippen LogP contribution in [0, 0.1) is 56.7 Å². The summed E-state index contributed by atoms with van der Waals surface area (Å²) in [5, 5.41) is 10.9. The Morgan fingerprint density at radius 1 is 0.939 bits per heavy atom. The van der Waals surface area contributed by atoms with Crippen LogP contribution in [-0.2, 0) is 9.53 Å². The van der Waals surface area contributed by atoms with Crippen molar-refractivity contribution < 1.29 is 14.6 Å². The van der Waals surface area contributed by atoms with Crippen LogP contribution >= 0.6 is 0 Å². The molecule has 1 aliphatic heterocycles. The van der Waals surface area contributed by atoms with Gasteiger partial charge in [0.25, 0.3) is 0 Å². The molecule has 1 saturated heterocycles. The molecule has 1 N–H and O–H groups in total. The maximum atomic E-state index is 12.0.